The zero-order chi connectivity index (χ0) is 11.3. The maximum Gasteiger partial charge on any atom is 0.144 e. The highest BCUT2D eigenvalue weighted by Gasteiger charge is 2.02. The molecule has 4 nitrogen and oxygen atoms in total. The average molecular weight is 209 g/mol. The van der Waals surface area contributed by atoms with Crippen molar-refractivity contribution in [3.05, 3.63) is 18.2 Å². The molecule has 0 aliphatic carbocycles. The van der Waals surface area contributed by atoms with Crippen molar-refractivity contribution in [2.75, 3.05) is 31.9 Å². The number of ether oxygens (including phenoxy) is 1. The average Bonchev–Trinajstić information content (AvgIpc) is 2.18. The molecule has 0 radical (unpaired) electrons. The van der Waals surface area contributed by atoms with Crippen molar-refractivity contribution < 1.29 is 4.74 Å². The second-order valence-corrected chi connectivity index (χ2v) is 3.61. The van der Waals surface area contributed by atoms with Gasteiger partial charge < -0.3 is 15.9 Å². The van der Waals surface area contributed by atoms with E-state index in [1.165, 1.54) is 0 Å². The number of anilines is 2. The molecule has 0 aromatic heterocycles. The zero-order valence-corrected chi connectivity index (χ0v) is 9.58. The maximum atomic E-state index is 5.79. The number of nitrogens with zero attached hydrogens (tertiary/aromatic N) is 1. The van der Waals surface area contributed by atoms with E-state index in [0.29, 0.717) is 12.3 Å². The van der Waals surface area contributed by atoms with Crippen LogP contribution in [0.15, 0.2) is 18.2 Å². The molecule has 4 heteroatoms. The summed E-state index contributed by atoms with van der Waals surface area (Å²) in [6.45, 7) is 2.76. The largest absolute Gasteiger partial charge is 0.491 e. The van der Waals surface area contributed by atoms with Crippen molar-refractivity contribution in [3.8, 4) is 5.75 Å². The van der Waals surface area contributed by atoms with Crippen LogP contribution >= 0.6 is 0 Å². The van der Waals surface area contributed by atoms with E-state index in [4.69, 9.17) is 10.5 Å². The van der Waals surface area contributed by atoms with Gasteiger partial charge in [0.25, 0.3) is 0 Å². The van der Waals surface area contributed by atoms with E-state index in [2.05, 4.69) is 12.3 Å². The van der Waals surface area contributed by atoms with E-state index in [0.717, 1.165) is 17.9 Å². The molecule has 0 amide bonds. The lowest BCUT2D eigenvalue weighted by Crippen LogP contribution is -2.19. The van der Waals surface area contributed by atoms with Gasteiger partial charge in [0.2, 0.25) is 0 Å². The van der Waals surface area contributed by atoms with Gasteiger partial charge in [0, 0.05) is 20.2 Å². The van der Waals surface area contributed by atoms with E-state index < -0.39 is 0 Å². The molecule has 0 aliphatic rings. The summed E-state index contributed by atoms with van der Waals surface area (Å²) in [5.74, 6) is 0.740. The smallest absolute Gasteiger partial charge is 0.144 e. The standard InChI is InChI=1S/C11H19N3O/c1-4-7-15-11-8-9(13-14(2)3)5-6-10(11)12/h5-6,8,13H,4,7,12H2,1-3H3. The van der Waals surface area contributed by atoms with Crippen LogP contribution in [0.2, 0.25) is 0 Å². The zero-order valence-electron chi connectivity index (χ0n) is 9.58. The molecule has 0 heterocycles. The van der Waals surface area contributed by atoms with Crippen LogP contribution in [0.25, 0.3) is 0 Å². The van der Waals surface area contributed by atoms with Crippen LogP contribution in [0, 0.1) is 0 Å². The van der Waals surface area contributed by atoms with Crippen LogP contribution in [0.4, 0.5) is 11.4 Å². The first-order chi connectivity index (χ1) is 7.13. The van der Waals surface area contributed by atoms with Crippen molar-refractivity contribution in [1.29, 1.82) is 0 Å². The highest BCUT2D eigenvalue weighted by molar-refractivity contribution is 5.61. The minimum atomic E-state index is 0.674. The number of benzene rings is 1. The van der Waals surface area contributed by atoms with Gasteiger partial charge in [0.15, 0.2) is 0 Å². The van der Waals surface area contributed by atoms with E-state index >= 15 is 0 Å². The highest BCUT2D eigenvalue weighted by Crippen LogP contribution is 2.25. The van der Waals surface area contributed by atoms with Crippen molar-refractivity contribution in [2.24, 2.45) is 0 Å². The summed E-state index contributed by atoms with van der Waals surface area (Å²) in [5, 5.41) is 1.87. The molecule has 1 aromatic carbocycles. The van der Waals surface area contributed by atoms with Crippen molar-refractivity contribution >= 4 is 11.4 Å². The molecule has 15 heavy (non-hydrogen) atoms. The summed E-state index contributed by atoms with van der Waals surface area (Å²) in [7, 11) is 3.87. The Morgan fingerprint density at radius 3 is 2.73 bits per heavy atom. The Morgan fingerprint density at radius 2 is 2.13 bits per heavy atom. The van der Waals surface area contributed by atoms with Crippen LogP contribution in [0.5, 0.6) is 5.75 Å². The van der Waals surface area contributed by atoms with Crippen LogP contribution < -0.4 is 15.9 Å². The summed E-state index contributed by atoms with van der Waals surface area (Å²) < 4.78 is 5.52. The number of hydrogen-bond acceptors (Lipinski definition) is 4. The molecule has 0 saturated heterocycles. The van der Waals surface area contributed by atoms with E-state index in [1.807, 2.05) is 37.3 Å². The number of nitrogens with two attached hydrogens (primary N) is 1. The lowest BCUT2D eigenvalue weighted by Gasteiger charge is -2.15. The highest BCUT2D eigenvalue weighted by atomic mass is 16.5. The molecule has 3 N–H and O–H groups in total. The summed E-state index contributed by atoms with van der Waals surface area (Å²) in [5.41, 5.74) is 10.6. The van der Waals surface area contributed by atoms with Gasteiger partial charge in [-0.2, -0.15) is 0 Å². The third kappa shape index (κ3) is 3.67. The third-order valence-electron chi connectivity index (χ3n) is 1.83. The third-order valence-corrected chi connectivity index (χ3v) is 1.83. The molecule has 0 spiro atoms. The number of hydrogen-bond donors (Lipinski definition) is 2. The fourth-order valence-electron chi connectivity index (χ4n) is 1.20. The monoisotopic (exact) mass is 209 g/mol. The van der Waals surface area contributed by atoms with Gasteiger partial charge in [0.05, 0.1) is 18.0 Å². The van der Waals surface area contributed by atoms with Crippen LogP contribution in [-0.4, -0.2) is 25.7 Å². The molecular weight excluding hydrogens is 190 g/mol. The first-order valence-corrected chi connectivity index (χ1v) is 5.09. The number of hydrazine groups is 1. The first-order valence-electron chi connectivity index (χ1n) is 5.09. The molecule has 0 fully saturated rings. The molecule has 0 atom stereocenters. The topological polar surface area (TPSA) is 50.5 Å². The van der Waals surface area contributed by atoms with Gasteiger partial charge in [-0.1, -0.05) is 6.92 Å². The molecule has 1 rings (SSSR count). The second kappa shape index (κ2) is 5.46. The SMILES string of the molecule is CCCOc1cc(NN(C)C)ccc1N. The lowest BCUT2D eigenvalue weighted by molar-refractivity contribution is 0.319. The maximum absolute atomic E-state index is 5.79. The van der Waals surface area contributed by atoms with Crippen molar-refractivity contribution in [2.45, 2.75) is 13.3 Å². The van der Waals surface area contributed by atoms with Crippen LogP contribution in [-0.2, 0) is 0 Å². The molecule has 0 saturated carbocycles. The predicted octanol–water partition coefficient (Wildman–Crippen LogP) is 1.95. The van der Waals surface area contributed by atoms with Gasteiger partial charge in [-0.05, 0) is 18.6 Å². The normalized spacial score (nSPS) is 10.4. The van der Waals surface area contributed by atoms with Gasteiger partial charge >= 0.3 is 0 Å². The van der Waals surface area contributed by atoms with Gasteiger partial charge in [0.1, 0.15) is 5.75 Å². The quantitative estimate of drug-likeness (QED) is 0.575. The van der Waals surface area contributed by atoms with Crippen LogP contribution in [0.3, 0.4) is 0 Å². The molecular formula is C11H19N3O. The van der Waals surface area contributed by atoms with Gasteiger partial charge in [-0.3, -0.25) is 0 Å². The van der Waals surface area contributed by atoms with E-state index in [-0.39, 0.29) is 0 Å². The summed E-state index contributed by atoms with van der Waals surface area (Å²) in [4.78, 5) is 0. The Bertz CT molecular complexity index is 313. The van der Waals surface area contributed by atoms with Gasteiger partial charge in [-0.25, -0.2) is 5.01 Å². The minimum Gasteiger partial charge on any atom is -0.491 e. The Balaban J connectivity index is 2.75. The lowest BCUT2D eigenvalue weighted by atomic mass is 10.2. The van der Waals surface area contributed by atoms with E-state index in [9.17, 15) is 0 Å². The Hall–Kier alpha value is -1.42. The second-order valence-electron chi connectivity index (χ2n) is 3.61. The summed E-state index contributed by atoms with van der Waals surface area (Å²) in [6.07, 6.45) is 0.977. The molecule has 0 unspecified atom stereocenters. The summed E-state index contributed by atoms with van der Waals surface area (Å²) in [6, 6.07) is 5.68. The van der Waals surface area contributed by atoms with Crippen molar-refractivity contribution in [3.63, 3.8) is 0 Å². The van der Waals surface area contributed by atoms with Crippen LogP contribution in [0.1, 0.15) is 13.3 Å². The molecule has 0 aliphatic heterocycles. The number of nitrogen functional groups attached to an aromatic ring is 1. The van der Waals surface area contributed by atoms with Crippen molar-refractivity contribution in [1.82, 2.24) is 5.01 Å². The molecule has 84 valence electrons. The number of nitrogens with one attached hydrogen (secondary N) is 1. The Kier molecular flexibility index (Phi) is 4.24. The molecule has 1 aromatic rings. The Labute approximate surface area is 91.0 Å². The van der Waals surface area contributed by atoms with E-state index in [1.54, 1.807) is 0 Å². The minimum absolute atomic E-state index is 0.674. The number of rotatable bonds is 5. The van der Waals surface area contributed by atoms with Gasteiger partial charge in [-0.15, -0.1) is 0 Å². The fourth-order valence-corrected chi connectivity index (χ4v) is 1.20. The fraction of sp³-hybridized carbons (Fsp3) is 0.455. The first kappa shape index (κ1) is 11.7. The Morgan fingerprint density at radius 1 is 1.40 bits per heavy atom. The molecule has 0 bridgehead atoms. The summed E-state index contributed by atoms with van der Waals surface area (Å²) >= 11 is 0. The predicted molar refractivity (Wildman–Crippen MR) is 64.0 cm³/mol.